The highest BCUT2D eigenvalue weighted by atomic mass is 35.5. The lowest BCUT2D eigenvalue weighted by Crippen LogP contribution is -2.02. The number of nitrogens with one attached hydrogen (secondary N) is 1. The molecule has 0 bridgehead atoms. The van der Waals surface area contributed by atoms with Crippen LogP contribution < -0.4 is 0 Å². The lowest BCUT2D eigenvalue weighted by atomic mass is 10.2. The van der Waals surface area contributed by atoms with Gasteiger partial charge in [-0.25, -0.2) is 9.78 Å². The predicted octanol–water partition coefficient (Wildman–Crippen LogP) is 1.40. The Labute approximate surface area is 84.0 Å². The summed E-state index contributed by atoms with van der Waals surface area (Å²) in [6.45, 7) is 0. The second-order valence-electron chi connectivity index (χ2n) is 2.62. The Morgan fingerprint density at radius 3 is 3.14 bits per heavy atom. The molecule has 0 saturated carbocycles. The van der Waals surface area contributed by atoms with Gasteiger partial charge in [0.2, 0.25) is 0 Å². The zero-order chi connectivity index (χ0) is 10.1. The number of rotatable bonds is 1. The van der Waals surface area contributed by atoms with E-state index in [2.05, 4.69) is 19.9 Å². The molecule has 5 nitrogen and oxygen atoms in total. The fourth-order valence-corrected chi connectivity index (χ4v) is 1.37. The van der Waals surface area contributed by atoms with Crippen LogP contribution in [0, 0.1) is 0 Å². The summed E-state index contributed by atoms with van der Waals surface area (Å²) in [6, 6.07) is 1.45. The van der Waals surface area contributed by atoms with Crippen molar-refractivity contribution in [2.75, 3.05) is 7.11 Å². The SMILES string of the molecule is COC(=O)c1cc(Cl)nc2[nH]ncc12. The standard InChI is InChI=1S/C8H6ClN3O2/c1-14-8(13)4-2-6(9)11-7-5(4)3-10-12-7/h2-3H,1H3,(H,10,11,12). The Morgan fingerprint density at radius 2 is 2.43 bits per heavy atom. The number of fused-ring (bicyclic) bond motifs is 1. The number of H-pyrrole nitrogens is 1. The molecule has 0 spiro atoms. The Kier molecular flexibility index (Phi) is 2.09. The Balaban J connectivity index is 2.72. The van der Waals surface area contributed by atoms with Gasteiger partial charge in [0.1, 0.15) is 5.15 Å². The van der Waals surface area contributed by atoms with Crippen LogP contribution in [0.25, 0.3) is 11.0 Å². The smallest absolute Gasteiger partial charge is 0.338 e. The van der Waals surface area contributed by atoms with E-state index in [0.29, 0.717) is 16.6 Å². The average Bonchev–Trinajstić information content (AvgIpc) is 2.62. The summed E-state index contributed by atoms with van der Waals surface area (Å²) in [5, 5.41) is 7.21. The van der Waals surface area contributed by atoms with Crippen molar-refractivity contribution in [2.24, 2.45) is 0 Å². The maximum atomic E-state index is 11.3. The normalized spacial score (nSPS) is 10.4. The van der Waals surface area contributed by atoms with Gasteiger partial charge in [0, 0.05) is 0 Å². The minimum atomic E-state index is -0.458. The second-order valence-corrected chi connectivity index (χ2v) is 3.00. The van der Waals surface area contributed by atoms with Crippen LogP contribution in [-0.4, -0.2) is 28.3 Å². The van der Waals surface area contributed by atoms with Gasteiger partial charge in [-0.1, -0.05) is 11.6 Å². The molecule has 2 heterocycles. The average molecular weight is 212 g/mol. The molecule has 0 fully saturated rings. The van der Waals surface area contributed by atoms with Crippen molar-refractivity contribution in [3.63, 3.8) is 0 Å². The zero-order valence-electron chi connectivity index (χ0n) is 7.24. The fourth-order valence-electron chi connectivity index (χ4n) is 1.18. The van der Waals surface area contributed by atoms with Crippen LogP contribution in [0.15, 0.2) is 12.3 Å². The van der Waals surface area contributed by atoms with Crippen molar-refractivity contribution in [3.8, 4) is 0 Å². The summed E-state index contributed by atoms with van der Waals surface area (Å²) in [5.41, 5.74) is 0.828. The van der Waals surface area contributed by atoms with E-state index in [1.807, 2.05) is 0 Å². The third-order valence-corrected chi connectivity index (χ3v) is 1.99. The minimum absolute atomic E-state index is 0.224. The lowest BCUT2D eigenvalue weighted by molar-refractivity contribution is 0.0603. The number of esters is 1. The van der Waals surface area contributed by atoms with E-state index in [0.717, 1.165) is 0 Å². The predicted molar refractivity (Wildman–Crippen MR) is 50.2 cm³/mol. The van der Waals surface area contributed by atoms with Crippen molar-refractivity contribution in [1.82, 2.24) is 15.2 Å². The monoisotopic (exact) mass is 211 g/mol. The summed E-state index contributed by atoms with van der Waals surface area (Å²) in [4.78, 5) is 15.3. The molecule has 0 saturated heterocycles. The third kappa shape index (κ3) is 1.31. The van der Waals surface area contributed by atoms with E-state index >= 15 is 0 Å². The Morgan fingerprint density at radius 1 is 1.64 bits per heavy atom. The van der Waals surface area contributed by atoms with Gasteiger partial charge in [-0.15, -0.1) is 0 Å². The molecule has 0 aliphatic heterocycles. The molecule has 0 aliphatic rings. The molecule has 2 aromatic rings. The summed E-state index contributed by atoms with van der Waals surface area (Å²) >= 11 is 5.72. The van der Waals surface area contributed by atoms with Crippen molar-refractivity contribution in [1.29, 1.82) is 0 Å². The molecule has 0 aliphatic carbocycles. The van der Waals surface area contributed by atoms with Crippen molar-refractivity contribution < 1.29 is 9.53 Å². The molecule has 1 N–H and O–H groups in total. The number of nitrogens with zero attached hydrogens (tertiary/aromatic N) is 2. The van der Waals surface area contributed by atoms with E-state index in [-0.39, 0.29) is 5.15 Å². The number of aromatic nitrogens is 3. The number of pyridine rings is 1. The molecule has 14 heavy (non-hydrogen) atoms. The van der Waals surface area contributed by atoms with Crippen LogP contribution in [0.2, 0.25) is 5.15 Å². The van der Waals surface area contributed by atoms with Crippen LogP contribution in [0.1, 0.15) is 10.4 Å². The maximum absolute atomic E-state index is 11.3. The van der Waals surface area contributed by atoms with Crippen molar-refractivity contribution in [2.45, 2.75) is 0 Å². The highest BCUT2D eigenvalue weighted by Crippen LogP contribution is 2.19. The number of hydrogen-bond acceptors (Lipinski definition) is 4. The summed E-state index contributed by atoms with van der Waals surface area (Å²) in [7, 11) is 1.31. The van der Waals surface area contributed by atoms with E-state index in [1.165, 1.54) is 19.4 Å². The van der Waals surface area contributed by atoms with Gasteiger partial charge in [-0.3, -0.25) is 5.10 Å². The molecular formula is C8H6ClN3O2. The van der Waals surface area contributed by atoms with Crippen molar-refractivity contribution >= 4 is 28.6 Å². The second kappa shape index (κ2) is 3.26. The van der Waals surface area contributed by atoms with Gasteiger partial charge in [0.25, 0.3) is 0 Å². The number of carbonyl (C=O) groups excluding carboxylic acids is 1. The quantitative estimate of drug-likeness (QED) is 0.572. The molecule has 0 aromatic carbocycles. The van der Waals surface area contributed by atoms with Crippen LogP contribution in [-0.2, 0) is 4.74 Å². The molecule has 72 valence electrons. The van der Waals surface area contributed by atoms with Crippen LogP contribution in [0.3, 0.4) is 0 Å². The molecule has 6 heteroatoms. The van der Waals surface area contributed by atoms with Crippen molar-refractivity contribution in [3.05, 3.63) is 23.0 Å². The van der Waals surface area contributed by atoms with E-state index in [9.17, 15) is 4.79 Å². The van der Waals surface area contributed by atoms with Gasteiger partial charge in [0.15, 0.2) is 5.65 Å². The maximum Gasteiger partial charge on any atom is 0.338 e. The first-order valence-electron chi connectivity index (χ1n) is 3.80. The zero-order valence-corrected chi connectivity index (χ0v) is 8.00. The molecular weight excluding hydrogens is 206 g/mol. The van der Waals surface area contributed by atoms with Gasteiger partial charge in [-0.2, -0.15) is 5.10 Å². The summed E-state index contributed by atoms with van der Waals surface area (Å²) in [5.74, 6) is -0.458. The third-order valence-electron chi connectivity index (χ3n) is 1.80. The fraction of sp³-hybridized carbons (Fsp3) is 0.125. The number of aromatic amines is 1. The van der Waals surface area contributed by atoms with E-state index in [4.69, 9.17) is 11.6 Å². The molecule has 0 unspecified atom stereocenters. The molecule has 2 aromatic heterocycles. The first-order chi connectivity index (χ1) is 6.72. The van der Waals surface area contributed by atoms with Crippen LogP contribution >= 0.6 is 11.6 Å². The number of carbonyl (C=O) groups is 1. The Hall–Kier alpha value is -1.62. The minimum Gasteiger partial charge on any atom is -0.465 e. The first kappa shape index (κ1) is 8.96. The van der Waals surface area contributed by atoms with E-state index < -0.39 is 5.97 Å². The van der Waals surface area contributed by atoms with Crippen LogP contribution in [0.5, 0.6) is 0 Å². The number of methoxy groups -OCH3 is 1. The number of ether oxygens (including phenoxy) is 1. The van der Waals surface area contributed by atoms with Gasteiger partial charge in [0.05, 0.1) is 24.3 Å². The van der Waals surface area contributed by atoms with E-state index in [1.54, 1.807) is 0 Å². The highest BCUT2D eigenvalue weighted by molar-refractivity contribution is 6.30. The largest absolute Gasteiger partial charge is 0.465 e. The summed E-state index contributed by atoms with van der Waals surface area (Å²) < 4.78 is 4.60. The summed E-state index contributed by atoms with van der Waals surface area (Å²) in [6.07, 6.45) is 1.50. The van der Waals surface area contributed by atoms with Gasteiger partial charge in [-0.05, 0) is 6.07 Å². The molecule has 0 amide bonds. The Bertz CT molecular complexity index is 494. The molecule has 0 radical (unpaired) electrons. The topological polar surface area (TPSA) is 67.9 Å². The van der Waals surface area contributed by atoms with Gasteiger partial charge < -0.3 is 4.74 Å². The first-order valence-corrected chi connectivity index (χ1v) is 4.18. The number of halogens is 1. The highest BCUT2D eigenvalue weighted by Gasteiger charge is 2.13. The lowest BCUT2D eigenvalue weighted by Gasteiger charge is -2.00. The molecule has 0 atom stereocenters. The van der Waals surface area contributed by atoms with Crippen LogP contribution in [0.4, 0.5) is 0 Å². The molecule has 2 rings (SSSR count). The van der Waals surface area contributed by atoms with Gasteiger partial charge >= 0.3 is 5.97 Å². The number of hydrogen-bond donors (Lipinski definition) is 1.